The van der Waals surface area contributed by atoms with Crippen molar-refractivity contribution in [2.45, 2.75) is 30.4 Å². The Labute approximate surface area is 232 Å². The molecule has 3 aromatic carbocycles. The highest BCUT2D eigenvalue weighted by Crippen LogP contribution is 2.28. The van der Waals surface area contributed by atoms with Gasteiger partial charge in [0.15, 0.2) is 0 Å². The number of sulfonamides is 1. The molecule has 39 heavy (non-hydrogen) atoms. The number of fused-ring (bicyclic) bond motifs is 1. The van der Waals surface area contributed by atoms with Crippen molar-refractivity contribution in [3.63, 3.8) is 0 Å². The van der Waals surface area contributed by atoms with E-state index in [1.807, 2.05) is 54.6 Å². The normalized spacial score (nSPS) is 15.8. The first kappa shape index (κ1) is 27.5. The van der Waals surface area contributed by atoms with Crippen LogP contribution in [0.25, 0.3) is 11.0 Å². The Morgan fingerprint density at radius 3 is 2.41 bits per heavy atom. The van der Waals surface area contributed by atoms with Crippen molar-refractivity contribution >= 4 is 32.8 Å². The minimum atomic E-state index is -3.62. The van der Waals surface area contributed by atoms with Gasteiger partial charge in [0.25, 0.3) is 0 Å². The standard InChI is InChI=1S/C28H32N4O5S2/c33-23(20-37-25-11-9-24(10-12-25)36-19-22-5-2-1-3-6-22)18-29-17-21-13-15-32(16-14-21)39(34,35)27-8-4-7-26-28(27)31-38-30-26/h1-12,21,23,29,33H,13-20H2/t23-/m0/s1. The Balaban J connectivity index is 0.997. The number of benzene rings is 3. The van der Waals surface area contributed by atoms with Crippen LogP contribution in [0.5, 0.6) is 11.5 Å². The molecule has 1 saturated heterocycles. The molecule has 206 valence electrons. The molecule has 0 aliphatic carbocycles. The number of aliphatic hydroxyl groups is 1. The number of aromatic nitrogens is 2. The Hall–Kier alpha value is -3.09. The summed E-state index contributed by atoms with van der Waals surface area (Å²) in [5, 5.41) is 13.6. The summed E-state index contributed by atoms with van der Waals surface area (Å²) in [6, 6.07) is 22.4. The molecule has 11 heteroatoms. The van der Waals surface area contributed by atoms with Gasteiger partial charge in [-0.2, -0.15) is 13.1 Å². The summed E-state index contributed by atoms with van der Waals surface area (Å²) < 4.78 is 47.8. The number of hydrogen-bond acceptors (Lipinski definition) is 9. The predicted octanol–water partition coefficient (Wildman–Crippen LogP) is 3.70. The van der Waals surface area contributed by atoms with Crippen LogP contribution in [0.1, 0.15) is 18.4 Å². The maximum absolute atomic E-state index is 13.2. The number of rotatable bonds is 12. The van der Waals surface area contributed by atoms with E-state index in [9.17, 15) is 13.5 Å². The number of nitrogens with zero attached hydrogens (tertiary/aromatic N) is 3. The summed E-state index contributed by atoms with van der Waals surface area (Å²) in [5.41, 5.74) is 2.15. The predicted molar refractivity (Wildman–Crippen MR) is 150 cm³/mol. The van der Waals surface area contributed by atoms with E-state index in [1.165, 1.54) is 4.31 Å². The minimum absolute atomic E-state index is 0.172. The lowest BCUT2D eigenvalue weighted by Gasteiger charge is -2.31. The first-order valence-electron chi connectivity index (χ1n) is 13.0. The maximum Gasteiger partial charge on any atom is 0.245 e. The molecule has 1 aliphatic rings. The average molecular weight is 569 g/mol. The van der Waals surface area contributed by atoms with Gasteiger partial charge in [0.1, 0.15) is 46.7 Å². The lowest BCUT2D eigenvalue weighted by molar-refractivity contribution is 0.104. The quantitative estimate of drug-likeness (QED) is 0.266. The molecule has 0 bridgehead atoms. The van der Waals surface area contributed by atoms with Gasteiger partial charge in [-0.05, 0) is 67.3 Å². The minimum Gasteiger partial charge on any atom is -0.491 e. The van der Waals surface area contributed by atoms with E-state index in [-0.39, 0.29) is 11.5 Å². The Bertz CT molecular complexity index is 1440. The zero-order chi connectivity index (χ0) is 27.1. The van der Waals surface area contributed by atoms with Crippen molar-refractivity contribution < 1.29 is 23.0 Å². The molecule has 1 fully saturated rings. The molecule has 0 radical (unpaired) electrons. The second kappa shape index (κ2) is 12.8. The third kappa shape index (κ3) is 7.11. The van der Waals surface area contributed by atoms with Gasteiger partial charge in [0.05, 0.1) is 11.7 Å². The second-order valence-electron chi connectivity index (χ2n) is 9.60. The van der Waals surface area contributed by atoms with Crippen LogP contribution < -0.4 is 14.8 Å². The van der Waals surface area contributed by atoms with Crippen molar-refractivity contribution in [3.8, 4) is 11.5 Å². The highest BCUT2D eigenvalue weighted by molar-refractivity contribution is 7.89. The first-order chi connectivity index (χ1) is 19.0. The molecule has 1 aromatic heterocycles. The number of piperidine rings is 1. The monoisotopic (exact) mass is 568 g/mol. The van der Waals surface area contributed by atoms with Gasteiger partial charge < -0.3 is 19.9 Å². The van der Waals surface area contributed by atoms with Crippen molar-refractivity contribution in [3.05, 3.63) is 78.4 Å². The molecular formula is C28H32N4O5S2. The molecule has 0 amide bonds. The van der Waals surface area contributed by atoms with E-state index >= 15 is 0 Å². The Morgan fingerprint density at radius 2 is 1.67 bits per heavy atom. The number of hydrogen-bond donors (Lipinski definition) is 2. The summed E-state index contributed by atoms with van der Waals surface area (Å²) in [4.78, 5) is 0.225. The van der Waals surface area contributed by atoms with Crippen LogP contribution in [0.15, 0.2) is 77.7 Å². The zero-order valence-electron chi connectivity index (χ0n) is 21.5. The summed E-state index contributed by atoms with van der Waals surface area (Å²) in [6.07, 6.45) is 0.845. The van der Waals surface area contributed by atoms with E-state index in [0.717, 1.165) is 35.9 Å². The molecule has 4 aromatic rings. The third-order valence-electron chi connectivity index (χ3n) is 6.77. The van der Waals surface area contributed by atoms with Crippen LogP contribution >= 0.6 is 11.7 Å². The molecule has 0 spiro atoms. The fraction of sp³-hybridized carbons (Fsp3) is 0.357. The summed E-state index contributed by atoms with van der Waals surface area (Å²) in [7, 11) is -3.62. The fourth-order valence-electron chi connectivity index (χ4n) is 4.56. The smallest absolute Gasteiger partial charge is 0.245 e. The fourth-order valence-corrected chi connectivity index (χ4v) is 6.78. The topological polar surface area (TPSA) is 114 Å². The molecule has 2 heterocycles. The van der Waals surface area contributed by atoms with E-state index in [4.69, 9.17) is 9.47 Å². The second-order valence-corrected chi connectivity index (χ2v) is 12.0. The molecule has 1 aliphatic heterocycles. The number of ether oxygens (including phenoxy) is 2. The largest absolute Gasteiger partial charge is 0.491 e. The van der Waals surface area contributed by atoms with Crippen molar-refractivity contribution in [2.24, 2.45) is 5.92 Å². The highest BCUT2D eigenvalue weighted by Gasteiger charge is 2.31. The molecule has 0 saturated carbocycles. The maximum atomic E-state index is 13.2. The molecule has 1 atom stereocenters. The van der Waals surface area contributed by atoms with Crippen LogP contribution in [0.4, 0.5) is 0 Å². The first-order valence-corrected chi connectivity index (χ1v) is 15.2. The van der Waals surface area contributed by atoms with E-state index in [1.54, 1.807) is 18.2 Å². The molecule has 9 nitrogen and oxygen atoms in total. The van der Waals surface area contributed by atoms with Crippen molar-refractivity contribution in [2.75, 3.05) is 32.8 Å². The van der Waals surface area contributed by atoms with E-state index in [0.29, 0.717) is 55.5 Å². The SMILES string of the molecule is O=S(=O)(c1cccc2nsnc12)N1CCC(CNC[C@H](O)COc2ccc(OCc3ccccc3)cc2)CC1. The van der Waals surface area contributed by atoms with Gasteiger partial charge in [0, 0.05) is 19.6 Å². The Morgan fingerprint density at radius 1 is 0.949 bits per heavy atom. The summed E-state index contributed by atoms with van der Waals surface area (Å²) in [5.74, 6) is 1.76. The van der Waals surface area contributed by atoms with E-state index in [2.05, 4.69) is 14.1 Å². The van der Waals surface area contributed by atoms with Gasteiger partial charge in [-0.25, -0.2) is 8.42 Å². The molecule has 5 rings (SSSR count). The number of aliphatic hydroxyl groups excluding tert-OH is 1. The van der Waals surface area contributed by atoms with Gasteiger partial charge >= 0.3 is 0 Å². The molecule has 0 unspecified atom stereocenters. The van der Waals surface area contributed by atoms with Crippen LogP contribution in [0.3, 0.4) is 0 Å². The average Bonchev–Trinajstić information content (AvgIpc) is 3.45. The Kier molecular flexibility index (Phi) is 9.05. The highest BCUT2D eigenvalue weighted by atomic mass is 32.2. The third-order valence-corrected chi connectivity index (χ3v) is 9.24. The van der Waals surface area contributed by atoms with E-state index < -0.39 is 16.1 Å². The zero-order valence-corrected chi connectivity index (χ0v) is 23.1. The summed E-state index contributed by atoms with van der Waals surface area (Å²) >= 11 is 1.02. The number of nitrogens with one attached hydrogen (secondary N) is 1. The van der Waals surface area contributed by atoms with Crippen LogP contribution in [-0.2, 0) is 16.6 Å². The van der Waals surface area contributed by atoms with Gasteiger partial charge in [-0.15, -0.1) is 0 Å². The van der Waals surface area contributed by atoms with Gasteiger partial charge in [-0.1, -0.05) is 36.4 Å². The lowest BCUT2D eigenvalue weighted by atomic mass is 9.98. The van der Waals surface area contributed by atoms with Crippen molar-refractivity contribution in [1.82, 2.24) is 18.4 Å². The van der Waals surface area contributed by atoms with Crippen LogP contribution in [0, 0.1) is 5.92 Å². The lowest BCUT2D eigenvalue weighted by Crippen LogP contribution is -2.42. The van der Waals surface area contributed by atoms with Crippen LogP contribution in [-0.4, -0.2) is 65.5 Å². The van der Waals surface area contributed by atoms with Crippen LogP contribution in [0.2, 0.25) is 0 Å². The summed E-state index contributed by atoms with van der Waals surface area (Å²) in [6.45, 7) is 2.70. The van der Waals surface area contributed by atoms with Gasteiger partial charge in [0.2, 0.25) is 10.0 Å². The molecular weight excluding hydrogens is 536 g/mol. The molecule has 2 N–H and O–H groups in total. The van der Waals surface area contributed by atoms with Crippen molar-refractivity contribution in [1.29, 1.82) is 0 Å². The van der Waals surface area contributed by atoms with Gasteiger partial charge in [-0.3, -0.25) is 0 Å².